The highest BCUT2D eigenvalue weighted by molar-refractivity contribution is 7.89. The summed E-state index contributed by atoms with van der Waals surface area (Å²) >= 11 is 0. The number of nitrogens with one attached hydrogen (secondary N) is 2. The maximum atomic E-state index is 11.7. The van der Waals surface area contributed by atoms with Crippen LogP contribution in [0.15, 0.2) is 4.99 Å². The summed E-state index contributed by atoms with van der Waals surface area (Å²) in [6, 6.07) is 0. The first-order chi connectivity index (χ1) is 12.0. The zero-order valence-corrected chi connectivity index (χ0v) is 16.6. The van der Waals surface area contributed by atoms with Gasteiger partial charge in [0.15, 0.2) is 5.96 Å². The molecular formula is C16H34N4O4S. The van der Waals surface area contributed by atoms with Crippen molar-refractivity contribution in [3.63, 3.8) is 0 Å². The molecule has 0 aliphatic carbocycles. The van der Waals surface area contributed by atoms with Gasteiger partial charge in [-0.2, -0.15) is 0 Å². The Morgan fingerprint density at radius 3 is 2.76 bits per heavy atom. The van der Waals surface area contributed by atoms with Crippen LogP contribution in [-0.4, -0.2) is 83.6 Å². The highest BCUT2D eigenvalue weighted by Crippen LogP contribution is 2.08. The van der Waals surface area contributed by atoms with Gasteiger partial charge in [-0.15, -0.1) is 0 Å². The summed E-state index contributed by atoms with van der Waals surface area (Å²) in [7, 11) is -1.48. The van der Waals surface area contributed by atoms with Crippen LogP contribution in [-0.2, 0) is 19.5 Å². The van der Waals surface area contributed by atoms with Crippen molar-refractivity contribution in [2.75, 3.05) is 58.8 Å². The molecule has 1 fully saturated rings. The topological polar surface area (TPSA) is 92.3 Å². The van der Waals surface area contributed by atoms with E-state index in [1.54, 1.807) is 14.0 Å². The molecule has 148 valence electrons. The van der Waals surface area contributed by atoms with Crippen molar-refractivity contribution < 1.29 is 17.9 Å². The van der Waals surface area contributed by atoms with Crippen molar-refractivity contribution in [1.82, 2.24) is 14.9 Å². The normalized spacial score (nSPS) is 18.7. The Hall–Kier alpha value is -0.900. The molecule has 0 radical (unpaired) electrons. The molecule has 1 aliphatic heterocycles. The number of aliphatic imine (C=N–C) groups is 1. The number of nitrogens with zero attached hydrogens (tertiary/aromatic N) is 2. The quantitative estimate of drug-likeness (QED) is 0.290. The van der Waals surface area contributed by atoms with Gasteiger partial charge >= 0.3 is 0 Å². The zero-order chi connectivity index (χ0) is 18.5. The number of guanidine groups is 1. The second-order valence-electron chi connectivity index (χ2n) is 5.97. The third-order valence-electron chi connectivity index (χ3n) is 3.94. The van der Waals surface area contributed by atoms with E-state index in [-0.39, 0.29) is 11.9 Å². The van der Waals surface area contributed by atoms with Crippen LogP contribution in [0.4, 0.5) is 0 Å². The number of hydrogen-bond acceptors (Lipinski definition) is 5. The molecule has 0 spiro atoms. The Morgan fingerprint density at radius 1 is 1.32 bits per heavy atom. The van der Waals surface area contributed by atoms with Gasteiger partial charge in [0, 0.05) is 46.4 Å². The standard InChI is InChI=1S/C16H34N4O4S/c1-4-17-16(18-9-6-11-20(3)25(21,22)5-2)19-10-7-12-24-15-8-13-23-14-15/h15H,4-14H2,1-3H3,(H2,17,18,19). The van der Waals surface area contributed by atoms with Gasteiger partial charge < -0.3 is 20.1 Å². The molecule has 1 saturated heterocycles. The Morgan fingerprint density at radius 2 is 2.12 bits per heavy atom. The van der Waals surface area contributed by atoms with E-state index in [2.05, 4.69) is 15.6 Å². The Balaban J connectivity index is 2.19. The van der Waals surface area contributed by atoms with Gasteiger partial charge in [-0.3, -0.25) is 4.99 Å². The Labute approximate surface area is 152 Å². The molecule has 1 atom stereocenters. The van der Waals surface area contributed by atoms with Crippen molar-refractivity contribution in [1.29, 1.82) is 0 Å². The molecule has 0 bridgehead atoms. The van der Waals surface area contributed by atoms with E-state index in [4.69, 9.17) is 9.47 Å². The third kappa shape index (κ3) is 9.39. The van der Waals surface area contributed by atoms with Gasteiger partial charge in [-0.1, -0.05) is 0 Å². The first-order valence-electron chi connectivity index (χ1n) is 9.15. The number of rotatable bonds is 12. The second kappa shape index (κ2) is 12.5. The maximum Gasteiger partial charge on any atom is 0.213 e. The predicted molar refractivity (Wildman–Crippen MR) is 100 cm³/mol. The van der Waals surface area contributed by atoms with Crippen LogP contribution in [0.5, 0.6) is 0 Å². The average Bonchev–Trinajstić information content (AvgIpc) is 3.11. The lowest BCUT2D eigenvalue weighted by Crippen LogP contribution is -2.39. The minimum atomic E-state index is -3.10. The summed E-state index contributed by atoms with van der Waals surface area (Å²) in [5, 5.41) is 6.42. The zero-order valence-electron chi connectivity index (χ0n) is 15.8. The highest BCUT2D eigenvalue weighted by atomic mass is 32.2. The summed E-state index contributed by atoms with van der Waals surface area (Å²) < 4.78 is 35.7. The van der Waals surface area contributed by atoms with Gasteiger partial charge in [-0.05, 0) is 33.1 Å². The fourth-order valence-electron chi connectivity index (χ4n) is 2.36. The number of ether oxygens (including phenoxy) is 2. The van der Waals surface area contributed by atoms with E-state index in [1.807, 2.05) is 6.92 Å². The van der Waals surface area contributed by atoms with Gasteiger partial charge in [0.05, 0.1) is 18.5 Å². The predicted octanol–water partition coefficient (Wildman–Crippen LogP) is 0.409. The van der Waals surface area contributed by atoms with Gasteiger partial charge in [0.25, 0.3) is 0 Å². The van der Waals surface area contributed by atoms with Crippen LogP contribution in [0.25, 0.3) is 0 Å². The molecule has 1 rings (SSSR count). The summed E-state index contributed by atoms with van der Waals surface area (Å²) in [5.41, 5.74) is 0. The lowest BCUT2D eigenvalue weighted by atomic mass is 10.3. The first-order valence-corrected chi connectivity index (χ1v) is 10.8. The molecular weight excluding hydrogens is 344 g/mol. The van der Waals surface area contributed by atoms with E-state index in [1.165, 1.54) is 4.31 Å². The molecule has 0 aromatic carbocycles. The van der Waals surface area contributed by atoms with Crippen molar-refractivity contribution in [3.8, 4) is 0 Å². The maximum absolute atomic E-state index is 11.7. The minimum Gasteiger partial charge on any atom is -0.379 e. The van der Waals surface area contributed by atoms with Crippen molar-refractivity contribution in [2.45, 2.75) is 39.2 Å². The number of sulfonamides is 1. The van der Waals surface area contributed by atoms with Crippen LogP contribution in [0, 0.1) is 0 Å². The second-order valence-corrected chi connectivity index (χ2v) is 8.34. The summed E-state index contributed by atoms with van der Waals surface area (Å²) in [5.74, 6) is 0.892. The molecule has 8 nitrogen and oxygen atoms in total. The fourth-order valence-corrected chi connectivity index (χ4v) is 3.21. The van der Waals surface area contributed by atoms with E-state index < -0.39 is 10.0 Å². The summed E-state index contributed by atoms with van der Waals surface area (Å²) in [6.07, 6.45) is 2.82. The third-order valence-corrected chi connectivity index (χ3v) is 5.80. The van der Waals surface area contributed by atoms with E-state index >= 15 is 0 Å². The van der Waals surface area contributed by atoms with E-state index in [0.717, 1.165) is 38.4 Å². The molecule has 0 saturated carbocycles. The molecule has 1 heterocycles. The number of hydrogen-bond donors (Lipinski definition) is 2. The van der Waals surface area contributed by atoms with Crippen molar-refractivity contribution in [2.24, 2.45) is 4.99 Å². The largest absolute Gasteiger partial charge is 0.379 e. The SMILES string of the molecule is CCNC(=NCCCOC1CCOC1)NCCCN(C)S(=O)(=O)CC. The van der Waals surface area contributed by atoms with E-state index in [9.17, 15) is 8.42 Å². The molecule has 0 amide bonds. The summed E-state index contributed by atoms with van der Waals surface area (Å²) in [4.78, 5) is 4.51. The average molecular weight is 379 g/mol. The first kappa shape index (κ1) is 22.1. The van der Waals surface area contributed by atoms with Crippen LogP contribution < -0.4 is 10.6 Å². The minimum absolute atomic E-state index is 0.135. The Bertz CT molecular complexity index is 479. The van der Waals surface area contributed by atoms with Crippen LogP contribution >= 0.6 is 0 Å². The van der Waals surface area contributed by atoms with Gasteiger partial charge in [-0.25, -0.2) is 12.7 Å². The lowest BCUT2D eigenvalue weighted by molar-refractivity contribution is 0.0424. The summed E-state index contributed by atoms with van der Waals surface area (Å²) in [6.45, 7) is 8.51. The molecule has 9 heteroatoms. The van der Waals surface area contributed by atoms with Crippen molar-refractivity contribution >= 4 is 16.0 Å². The molecule has 1 aliphatic rings. The van der Waals surface area contributed by atoms with Crippen molar-refractivity contribution in [3.05, 3.63) is 0 Å². The monoisotopic (exact) mass is 378 g/mol. The molecule has 0 aromatic rings. The smallest absolute Gasteiger partial charge is 0.213 e. The van der Waals surface area contributed by atoms with Gasteiger partial charge in [0.1, 0.15) is 0 Å². The highest BCUT2D eigenvalue weighted by Gasteiger charge is 2.15. The molecule has 25 heavy (non-hydrogen) atoms. The molecule has 1 unspecified atom stereocenters. The van der Waals surface area contributed by atoms with E-state index in [0.29, 0.717) is 32.8 Å². The fraction of sp³-hybridized carbons (Fsp3) is 0.938. The van der Waals surface area contributed by atoms with Crippen LogP contribution in [0.3, 0.4) is 0 Å². The molecule has 2 N–H and O–H groups in total. The van der Waals surface area contributed by atoms with Crippen LogP contribution in [0.2, 0.25) is 0 Å². The Kier molecular flexibility index (Phi) is 11.0. The lowest BCUT2D eigenvalue weighted by Gasteiger charge is -2.16. The van der Waals surface area contributed by atoms with Gasteiger partial charge in [0.2, 0.25) is 10.0 Å². The van der Waals surface area contributed by atoms with Crippen LogP contribution in [0.1, 0.15) is 33.1 Å². The molecule has 0 aromatic heterocycles.